The van der Waals surface area contributed by atoms with E-state index in [2.05, 4.69) is 10.3 Å². The van der Waals surface area contributed by atoms with Crippen LogP contribution in [-0.2, 0) is 24.3 Å². The van der Waals surface area contributed by atoms with Gasteiger partial charge in [0.25, 0.3) is 10.0 Å². The second-order valence-electron chi connectivity index (χ2n) is 6.76. The fourth-order valence-electron chi connectivity index (χ4n) is 3.04. The summed E-state index contributed by atoms with van der Waals surface area (Å²) in [6, 6.07) is 9.86. The van der Waals surface area contributed by atoms with Gasteiger partial charge >= 0.3 is 11.9 Å². The van der Waals surface area contributed by atoms with E-state index >= 15 is 0 Å². The molecule has 1 atom stereocenters. The Morgan fingerprint density at radius 2 is 1.97 bits per heavy atom. The number of hydrogen-bond donors (Lipinski definition) is 2. The molecule has 0 radical (unpaired) electrons. The number of aliphatic carboxylic acids is 1. The molecule has 2 N–H and O–H groups in total. The number of carboxylic acids is 1. The number of carbonyl (C=O) groups is 2. The third-order valence-electron chi connectivity index (χ3n) is 4.60. The van der Waals surface area contributed by atoms with Crippen LogP contribution in [-0.4, -0.2) is 48.6 Å². The van der Waals surface area contributed by atoms with E-state index in [1.165, 1.54) is 62.9 Å². The molecule has 0 bridgehead atoms. The molecule has 3 rings (SSSR count). The van der Waals surface area contributed by atoms with E-state index in [9.17, 15) is 22.4 Å². The number of benzene rings is 1. The molecule has 0 aliphatic heterocycles. The van der Waals surface area contributed by atoms with Gasteiger partial charge in [0.1, 0.15) is 5.75 Å². The summed E-state index contributed by atoms with van der Waals surface area (Å²) in [5, 5.41) is 11.4. The molecule has 0 amide bonds. The Hall–Kier alpha value is -4.03. The first-order valence-corrected chi connectivity index (χ1v) is 11.1. The van der Waals surface area contributed by atoms with E-state index in [0.29, 0.717) is 17.9 Å². The van der Waals surface area contributed by atoms with Crippen molar-refractivity contribution >= 4 is 22.0 Å². The molecule has 0 fully saturated rings. The normalized spacial score (nSPS) is 12.4. The van der Waals surface area contributed by atoms with E-state index in [4.69, 9.17) is 14.6 Å². The Bertz CT molecular complexity index is 1350. The second-order valence-corrected chi connectivity index (χ2v) is 8.57. The summed E-state index contributed by atoms with van der Waals surface area (Å²) in [7, 11) is -1.42. The maximum Gasteiger partial charge on any atom is 0.332 e. The van der Waals surface area contributed by atoms with Gasteiger partial charge in [0.05, 0.1) is 23.3 Å². The van der Waals surface area contributed by atoms with Crippen LogP contribution >= 0.6 is 0 Å². The van der Waals surface area contributed by atoms with Crippen molar-refractivity contribution in [3.05, 3.63) is 78.5 Å². The largest absolute Gasteiger partial charge is 0.497 e. The quantitative estimate of drug-likeness (QED) is 0.201. The van der Waals surface area contributed by atoms with Crippen molar-refractivity contribution in [2.75, 3.05) is 14.2 Å². The number of ether oxygens (including phenoxy) is 2. The number of nitrogens with zero attached hydrogens (tertiary/aromatic N) is 2. The highest BCUT2D eigenvalue weighted by atomic mass is 32.2. The number of aromatic nitrogens is 2. The van der Waals surface area contributed by atoms with E-state index < -0.39 is 34.1 Å². The summed E-state index contributed by atoms with van der Waals surface area (Å²) in [5.74, 6) is -2.94. The predicted octanol–water partition coefficient (Wildman–Crippen LogP) is 2.34. The minimum atomic E-state index is -4.26. The lowest BCUT2D eigenvalue weighted by Gasteiger charge is -2.14. The number of nitrogens with one attached hydrogen (secondary N) is 1. The van der Waals surface area contributed by atoms with Gasteiger partial charge in [-0.1, -0.05) is 6.07 Å². The van der Waals surface area contributed by atoms with E-state index in [1.807, 2.05) is 0 Å². The van der Waals surface area contributed by atoms with Gasteiger partial charge in [0.2, 0.25) is 5.95 Å². The molecule has 178 valence electrons. The molecule has 1 aromatic carbocycles. The lowest BCUT2D eigenvalue weighted by atomic mass is 10.2. The SMILES string of the molecule is CNC(OC(=O)/C=C/C(=O)O)c1cc(-c2cccnc2F)n(S(=O)(=O)c2cccc(OC)c2)c1. The number of methoxy groups -OCH3 is 1. The molecule has 10 nitrogen and oxygen atoms in total. The Morgan fingerprint density at radius 3 is 2.62 bits per heavy atom. The van der Waals surface area contributed by atoms with Gasteiger partial charge in [-0.25, -0.2) is 27.0 Å². The summed E-state index contributed by atoms with van der Waals surface area (Å²) in [6.07, 6.45) is 2.52. The zero-order chi connectivity index (χ0) is 24.9. The van der Waals surface area contributed by atoms with E-state index in [-0.39, 0.29) is 21.7 Å². The topological polar surface area (TPSA) is 137 Å². The highest BCUT2D eigenvalue weighted by Gasteiger charge is 2.27. The zero-order valence-electron chi connectivity index (χ0n) is 18.0. The van der Waals surface area contributed by atoms with Gasteiger partial charge in [-0.3, -0.25) is 5.32 Å². The standard InChI is InChI=1S/C22H20FN3O7S/c1-24-22(33-20(29)9-8-19(27)28)14-11-18(17-7-4-10-25-21(17)23)26(13-14)34(30,31)16-6-3-5-15(12-16)32-2/h3-13,22,24H,1-2H3,(H,27,28)/b9-8+. The Balaban J connectivity index is 2.14. The van der Waals surface area contributed by atoms with Crippen molar-refractivity contribution in [2.24, 2.45) is 0 Å². The highest BCUT2D eigenvalue weighted by molar-refractivity contribution is 7.90. The van der Waals surface area contributed by atoms with Crippen molar-refractivity contribution in [2.45, 2.75) is 11.1 Å². The molecule has 2 heterocycles. The molecule has 3 aromatic rings. The molecule has 0 aliphatic carbocycles. The summed E-state index contributed by atoms with van der Waals surface area (Å²) < 4.78 is 52.7. The van der Waals surface area contributed by atoms with Crippen molar-refractivity contribution in [1.82, 2.24) is 14.3 Å². The van der Waals surface area contributed by atoms with E-state index in [1.54, 1.807) is 6.07 Å². The first-order chi connectivity index (χ1) is 16.2. The summed E-state index contributed by atoms with van der Waals surface area (Å²) >= 11 is 0. The van der Waals surface area contributed by atoms with Crippen LogP contribution in [0.15, 0.2) is 71.9 Å². The fraction of sp³-hybridized carbons (Fsp3) is 0.136. The number of pyridine rings is 1. The molecule has 0 saturated carbocycles. The summed E-state index contributed by atoms with van der Waals surface area (Å²) in [4.78, 5) is 26.1. The van der Waals surface area contributed by atoms with Crippen LogP contribution in [0, 0.1) is 5.95 Å². The fourth-order valence-corrected chi connectivity index (χ4v) is 4.46. The summed E-state index contributed by atoms with van der Waals surface area (Å²) in [5.41, 5.74) is -0.0164. The maximum absolute atomic E-state index is 14.5. The molecule has 0 saturated heterocycles. The smallest absolute Gasteiger partial charge is 0.332 e. The van der Waals surface area contributed by atoms with Crippen LogP contribution in [0.1, 0.15) is 11.8 Å². The van der Waals surface area contributed by atoms with Crippen LogP contribution in [0.25, 0.3) is 11.3 Å². The lowest BCUT2D eigenvalue weighted by molar-refractivity contribution is -0.145. The van der Waals surface area contributed by atoms with Gasteiger partial charge in [0, 0.05) is 36.2 Å². The number of halogens is 1. The average Bonchev–Trinajstić information content (AvgIpc) is 3.27. The third-order valence-corrected chi connectivity index (χ3v) is 6.27. The molecule has 1 unspecified atom stereocenters. The first kappa shape index (κ1) is 24.6. The number of hydrogen-bond acceptors (Lipinski definition) is 8. The maximum atomic E-state index is 14.5. The van der Waals surface area contributed by atoms with E-state index in [0.717, 1.165) is 3.97 Å². The first-order valence-electron chi connectivity index (χ1n) is 9.69. The molecule has 0 spiro atoms. The minimum absolute atomic E-state index is 0.0687. The lowest BCUT2D eigenvalue weighted by Crippen LogP contribution is -2.22. The van der Waals surface area contributed by atoms with Crippen LogP contribution in [0.5, 0.6) is 5.75 Å². The zero-order valence-corrected chi connectivity index (χ0v) is 18.8. The minimum Gasteiger partial charge on any atom is -0.497 e. The van der Waals surface area contributed by atoms with Crippen molar-refractivity contribution in [3.63, 3.8) is 0 Å². The van der Waals surface area contributed by atoms with Crippen LogP contribution in [0.3, 0.4) is 0 Å². The predicted molar refractivity (Wildman–Crippen MR) is 118 cm³/mol. The molecular formula is C22H20FN3O7S. The highest BCUT2D eigenvalue weighted by Crippen LogP contribution is 2.31. The van der Waals surface area contributed by atoms with Gasteiger partial charge in [0.15, 0.2) is 6.23 Å². The third kappa shape index (κ3) is 5.30. The Labute approximate surface area is 194 Å². The van der Waals surface area contributed by atoms with Gasteiger partial charge in [-0.15, -0.1) is 0 Å². The van der Waals surface area contributed by atoms with Crippen molar-refractivity contribution in [3.8, 4) is 17.0 Å². The monoisotopic (exact) mass is 489 g/mol. The summed E-state index contributed by atoms with van der Waals surface area (Å²) in [6.45, 7) is 0. The molecule has 34 heavy (non-hydrogen) atoms. The number of esters is 1. The molecule has 12 heteroatoms. The van der Waals surface area contributed by atoms with Gasteiger partial charge < -0.3 is 14.6 Å². The molecule has 2 aromatic heterocycles. The Kier molecular flexibility index (Phi) is 7.44. The molecule has 0 aliphatic rings. The second kappa shape index (κ2) is 10.3. The van der Waals surface area contributed by atoms with Crippen LogP contribution in [0.2, 0.25) is 0 Å². The number of rotatable bonds is 9. The molecular weight excluding hydrogens is 469 g/mol. The average molecular weight is 489 g/mol. The number of carbonyl (C=O) groups excluding carboxylic acids is 1. The van der Waals surface area contributed by atoms with Crippen LogP contribution in [0.4, 0.5) is 4.39 Å². The Morgan fingerprint density at radius 1 is 1.21 bits per heavy atom. The van der Waals surface area contributed by atoms with Crippen LogP contribution < -0.4 is 10.1 Å². The van der Waals surface area contributed by atoms with Gasteiger partial charge in [-0.05, 0) is 37.4 Å². The van der Waals surface area contributed by atoms with Gasteiger partial charge in [-0.2, -0.15) is 4.39 Å². The van der Waals surface area contributed by atoms with Crippen molar-refractivity contribution < 1.29 is 37.0 Å². The van der Waals surface area contributed by atoms with Crippen molar-refractivity contribution in [1.29, 1.82) is 0 Å². The number of carboxylic acid groups (broad SMARTS) is 1.